The van der Waals surface area contributed by atoms with E-state index in [1.165, 1.54) is 34.6 Å². The van der Waals surface area contributed by atoms with Crippen LogP contribution in [0, 0.1) is 6.92 Å². The van der Waals surface area contributed by atoms with E-state index in [0.29, 0.717) is 0 Å². The summed E-state index contributed by atoms with van der Waals surface area (Å²) in [5.74, 6) is 1.20. The Kier molecular flexibility index (Phi) is 5.16. The predicted octanol–water partition coefficient (Wildman–Crippen LogP) is 4.23. The molecule has 0 saturated carbocycles. The van der Waals surface area contributed by atoms with Crippen molar-refractivity contribution in [3.8, 4) is 0 Å². The van der Waals surface area contributed by atoms with Gasteiger partial charge in [-0.3, -0.25) is 4.90 Å². The largest absolute Gasteiger partial charge is 0.329 e. The molecule has 3 aromatic rings. The highest BCUT2D eigenvalue weighted by atomic mass is 15.2. The highest BCUT2D eigenvalue weighted by molar-refractivity contribution is 5.22. The Hall–Kier alpha value is -2.39. The van der Waals surface area contributed by atoms with Crippen molar-refractivity contribution < 1.29 is 0 Å². The summed E-state index contributed by atoms with van der Waals surface area (Å²) < 4.78 is 2.42. The topological polar surface area (TPSA) is 21.1 Å². The van der Waals surface area contributed by atoms with Gasteiger partial charge in [0.1, 0.15) is 5.82 Å². The van der Waals surface area contributed by atoms with Crippen molar-refractivity contribution in [2.24, 2.45) is 0 Å². The normalized spacial score (nSPS) is 14.3. The molecule has 1 aliphatic heterocycles. The summed E-state index contributed by atoms with van der Waals surface area (Å²) in [6.45, 7) is 6.53. The summed E-state index contributed by atoms with van der Waals surface area (Å²) >= 11 is 0. The first-order valence-corrected chi connectivity index (χ1v) is 9.63. The van der Waals surface area contributed by atoms with Crippen LogP contribution in [0.25, 0.3) is 0 Å². The number of fused-ring (bicyclic) bond motifs is 1. The maximum Gasteiger partial charge on any atom is 0.113 e. The average Bonchev–Trinajstić information content (AvgIpc) is 3.05. The van der Waals surface area contributed by atoms with Gasteiger partial charge in [-0.25, -0.2) is 4.98 Å². The average molecular weight is 345 g/mol. The molecule has 0 unspecified atom stereocenters. The molecule has 134 valence electrons. The molecule has 0 aliphatic carbocycles. The van der Waals surface area contributed by atoms with E-state index in [-0.39, 0.29) is 0 Å². The van der Waals surface area contributed by atoms with E-state index in [2.05, 4.69) is 77.2 Å². The van der Waals surface area contributed by atoms with Gasteiger partial charge in [-0.15, -0.1) is 0 Å². The number of aryl methyl sites for hydroxylation is 2. The van der Waals surface area contributed by atoms with Crippen molar-refractivity contribution in [3.63, 3.8) is 0 Å². The van der Waals surface area contributed by atoms with Crippen LogP contribution in [0.15, 0.2) is 60.8 Å². The molecule has 2 aromatic carbocycles. The van der Waals surface area contributed by atoms with Gasteiger partial charge >= 0.3 is 0 Å². The van der Waals surface area contributed by atoms with Crippen molar-refractivity contribution in [2.75, 3.05) is 13.1 Å². The van der Waals surface area contributed by atoms with Gasteiger partial charge in [-0.05, 0) is 37.4 Å². The summed E-state index contributed by atoms with van der Waals surface area (Å²) in [4.78, 5) is 7.27. The Balaban J connectivity index is 1.32. The zero-order chi connectivity index (χ0) is 17.8. The second kappa shape index (κ2) is 7.88. The molecule has 2 heterocycles. The Morgan fingerprint density at radius 3 is 2.65 bits per heavy atom. The number of imidazole rings is 1. The number of nitrogens with zero attached hydrogens (tertiary/aromatic N) is 3. The van der Waals surface area contributed by atoms with Gasteiger partial charge in [0.2, 0.25) is 0 Å². The molecule has 3 nitrogen and oxygen atoms in total. The Labute approximate surface area is 156 Å². The molecule has 1 aliphatic rings. The van der Waals surface area contributed by atoms with Crippen LogP contribution in [0.5, 0.6) is 0 Å². The van der Waals surface area contributed by atoms with E-state index in [1.54, 1.807) is 0 Å². The summed E-state index contributed by atoms with van der Waals surface area (Å²) in [6, 6.07) is 19.5. The molecule has 4 rings (SSSR count). The highest BCUT2D eigenvalue weighted by Gasteiger charge is 2.19. The van der Waals surface area contributed by atoms with Crippen molar-refractivity contribution in [2.45, 2.75) is 39.3 Å². The monoisotopic (exact) mass is 345 g/mol. The molecule has 3 heteroatoms. The Morgan fingerprint density at radius 1 is 0.962 bits per heavy atom. The van der Waals surface area contributed by atoms with E-state index in [1.807, 2.05) is 0 Å². The van der Waals surface area contributed by atoms with E-state index in [0.717, 1.165) is 39.0 Å². The second-order valence-corrected chi connectivity index (χ2v) is 7.35. The van der Waals surface area contributed by atoms with E-state index < -0.39 is 0 Å². The van der Waals surface area contributed by atoms with Crippen LogP contribution in [-0.4, -0.2) is 27.5 Å². The summed E-state index contributed by atoms with van der Waals surface area (Å²) in [7, 11) is 0. The lowest BCUT2D eigenvalue weighted by molar-refractivity contribution is 0.217. The molecule has 1 aromatic heterocycles. The number of hydrogen-bond acceptors (Lipinski definition) is 2. The first kappa shape index (κ1) is 17.0. The molecule has 0 atom stereocenters. The zero-order valence-electron chi connectivity index (χ0n) is 15.6. The Morgan fingerprint density at radius 2 is 1.81 bits per heavy atom. The third kappa shape index (κ3) is 4.05. The van der Waals surface area contributed by atoms with Crippen LogP contribution >= 0.6 is 0 Å². The fraction of sp³-hybridized carbons (Fsp3) is 0.348. The molecule has 0 N–H and O–H groups in total. The second-order valence-electron chi connectivity index (χ2n) is 7.35. The molecule has 0 amide bonds. The SMILES string of the molecule is Cc1cccc(CCCN2CCn3c(cnc3Cc3ccccc3)C2)c1. The van der Waals surface area contributed by atoms with Gasteiger partial charge in [0.05, 0.1) is 5.69 Å². The van der Waals surface area contributed by atoms with Crippen LogP contribution in [0.4, 0.5) is 0 Å². The lowest BCUT2D eigenvalue weighted by atomic mass is 10.1. The summed E-state index contributed by atoms with van der Waals surface area (Å²) in [5.41, 5.74) is 5.51. The van der Waals surface area contributed by atoms with Gasteiger partial charge in [0.25, 0.3) is 0 Å². The molecule has 0 saturated heterocycles. The molecular weight excluding hydrogens is 318 g/mol. The first-order valence-electron chi connectivity index (χ1n) is 9.63. The van der Waals surface area contributed by atoms with Crippen LogP contribution in [0.1, 0.15) is 34.6 Å². The molecule has 0 radical (unpaired) electrons. The standard InChI is InChI=1S/C23H27N3/c1-19-7-5-10-20(15-19)11-6-12-25-13-14-26-22(18-25)17-24-23(26)16-21-8-3-2-4-9-21/h2-5,7-10,15,17H,6,11-14,16,18H2,1H3. The fourth-order valence-corrected chi connectivity index (χ4v) is 3.89. The Bertz CT molecular complexity index is 851. The third-order valence-electron chi connectivity index (χ3n) is 5.27. The first-order chi connectivity index (χ1) is 12.8. The quantitative estimate of drug-likeness (QED) is 0.666. The minimum absolute atomic E-state index is 0.925. The fourth-order valence-electron chi connectivity index (χ4n) is 3.89. The minimum Gasteiger partial charge on any atom is -0.329 e. The number of aromatic nitrogens is 2. The van der Waals surface area contributed by atoms with Crippen LogP contribution in [-0.2, 0) is 25.9 Å². The number of benzene rings is 2. The summed E-state index contributed by atoms with van der Waals surface area (Å²) in [5, 5.41) is 0. The summed E-state index contributed by atoms with van der Waals surface area (Å²) in [6.07, 6.45) is 5.38. The molecule has 0 bridgehead atoms. The van der Waals surface area contributed by atoms with Gasteiger partial charge < -0.3 is 4.57 Å². The molecular formula is C23H27N3. The maximum absolute atomic E-state index is 4.70. The van der Waals surface area contributed by atoms with Crippen molar-refractivity contribution in [3.05, 3.63) is 89.0 Å². The van der Waals surface area contributed by atoms with Gasteiger partial charge in [-0.2, -0.15) is 0 Å². The maximum atomic E-state index is 4.70. The van der Waals surface area contributed by atoms with Gasteiger partial charge in [0, 0.05) is 32.3 Å². The molecule has 0 spiro atoms. The van der Waals surface area contributed by atoms with E-state index >= 15 is 0 Å². The van der Waals surface area contributed by atoms with Crippen molar-refractivity contribution in [1.29, 1.82) is 0 Å². The number of hydrogen-bond donors (Lipinski definition) is 0. The third-order valence-corrected chi connectivity index (χ3v) is 5.27. The number of rotatable bonds is 6. The predicted molar refractivity (Wildman–Crippen MR) is 106 cm³/mol. The minimum atomic E-state index is 0.925. The molecule has 0 fully saturated rings. The van der Waals surface area contributed by atoms with E-state index in [9.17, 15) is 0 Å². The van der Waals surface area contributed by atoms with Crippen LogP contribution < -0.4 is 0 Å². The smallest absolute Gasteiger partial charge is 0.113 e. The highest BCUT2D eigenvalue weighted by Crippen LogP contribution is 2.18. The lowest BCUT2D eigenvalue weighted by Gasteiger charge is -2.29. The van der Waals surface area contributed by atoms with Gasteiger partial charge in [0.15, 0.2) is 0 Å². The van der Waals surface area contributed by atoms with Crippen LogP contribution in [0.3, 0.4) is 0 Å². The van der Waals surface area contributed by atoms with E-state index in [4.69, 9.17) is 4.98 Å². The van der Waals surface area contributed by atoms with Crippen molar-refractivity contribution in [1.82, 2.24) is 14.5 Å². The van der Waals surface area contributed by atoms with Crippen LogP contribution in [0.2, 0.25) is 0 Å². The zero-order valence-corrected chi connectivity index (χ0v) is 15.6. The lowest BCUT2D eigenvalue weighted by Crippen LogP contribution is -2.34. The van der Waals surface area contributed by atoms with Gasteiger partial charge in [-0.1, -0.05) is 60.2 Å². The molecule has 26 heavy (non-hydrogen) atoms. The van der Waals surface area contributed by atoms with Crippen molar-refractivity contribution >= 4 is 0 Å².